The van der Waals surface area contributed by atoms with Crippen LogP contribution in [0.25, 0.3) is 0 Å². The Morgan fingerprint density at radius 3 is 1.40 bits per heavy atom. The molecule has 8 nitrogen and oxygen atoms in total. The summed E-state index contributed by atoms with van der Waals surface area (Å²) in [4.78, 5) is 37.1. The van der Waals surface area contributed by atoms with Gasteiger partial charge in [0.05, 0.1) is 34.4 Å². The highest BCUT2D eigenvalue weighted by molar-refractivity contribution is 5.72. The molecule has 348 valence electrons. The van der Waals surface area contributed by atoms with Crippen molar-refractivity contribution in [1.29, 1.82) is 0 Å². The molecule has 8 heteroatoms. The number of carboxylic acids is 1. The van der Waals surface area contributed by atoms with E-state index in [1.54, 1.807) is 0 Å². The van der Waals surface area contributed by atoms with E-state index in [0.717, 1.165) is 70.6 Å². The molecule has 1 N–H and O–H groups in total. The van der Waals surface area contributed by atoms with E-state index in [-0.39, 0.29) is 36.2 Å². The van der Waals surface area contributed by atoms with Gasteiger partial charge in [0.25, 0.3) is 0 Å². The van der Waals surface area contributed by atoms with Crippen molar-refractivity contribution in [3.8, 4) is 0 Å². The van der Waals surface area contributed by atoms with Gasteiger partial charge in [0.2, 0.25) is 0 Å². The zero-order chi connectivity index (χ0) is 44.2. The number of likely N-dealkylation sites (N-methyl/N-ethyl adjacent to an activating group) is 1. The van der Waals surface area contributed by atoms with Gasteiger partial charge in [-0.25, -0.2) is 4.79 Å². The normalized spacial score (nSPS) is 13.3. The van der Waals surface area contributed by atoms with Gasteiger partial charge in [0.1, 0.15) is 6.61 Å². The fourth-order valence-electron chi connectivity index (χ4n) is 7.16. The average molecular weight is 845 g/mol. The third-order valence-electron chi connectivity index (χ3n) is 11.0. The molecule has 0 heterocycles. The number of aliphatic carboxylic acids is 1. The number of quaternary nitrogens is 1. The number of esters is 2. The maximum absolute atomic E-state index is 12.8. The second kappa shape index (κ2) is 43.0. The summed E-state index contributed by atoms with van der Waals surface area (Å²) >= 11 is 0. The summed E-state index contributed by atoms with van der Waals surface area (Å²) in [5.74, 6) is -1.48. The number of hydrogen-bond donors (Lipinski definition) is 1. The molecule has 0 aliphatic carbocycles. The molecule has 0 aromatic rings. The number of hydrogen-bond acceptors (Lipinski definition) is 6. The van der Waals surface area contributed by atoms with E-state index in [9.17, 15) is 19.5 Å². The van der Waals surface area contributed by atoms with Gasteiger partial charge in [-0.3, -0.25) is 9.59 Å². The fraction of sp³-hybridized carbons (Fsp3) is 0.788. The molecule has 0 aliphatic rings. The van der Waals surface area contributed by atoms with Gasteiger partial charge in [0.15, 0.2) is 12.1 Å². The number of ether oxygens (including phenoxy) is 3. The zero-order valence-electron chi connectivity index (χ0n) is 39.7. The maximum Gasteiger partial charge on any atom is 0.362 e. The summed E-state index contributed by atoms with van der Waals surface area (Å²) in [7, 11) is 5.53. The first kappa shape index (κ1) is 57.3. The van der Waals surface area contributed by atoms with Crippen LogP contribution in [0.3, 0.4) is 0 Å². The molecule has 0 saturated heterocycles. The summed E-state index contributed by atoms with van der Waals surface area (Å²) in [6, 6.07) is -0.617. The Kier molecular flexibility index (Phi) is 41.0. The molecule has 2 unspecified atom stereocenters. The lowest BCUT2D eigenvalue weighted by molar-refractivity contribution is -0.887. The molecule has 0 aliphatic heterocycles. The summed E-state index contributed by atoms with van der Waals surface area (Å²) < 4.78 is 17.3. The number of nitrogens with zero attached hydrogens (tertiary/aromatic N) is 1. The van der Waals surface area contributed by atoms with E-state index in [1.807, 2.05) is 21.1 Å². The number of allylic oxidation sites excluding steroid dienone is 8. The van der Waals surface area contributed by atoms with Crippen molar-refractivity contribution in [2.24, 2.45) is 0 Å². The summed E-state index contributed by atoms with van der Waals surface area (Å²) in [6.45, 7) is 4.63. The molecule has 0 rings (SSSR count). The highest BCUT2D eigenvalue weighted by Gasteiger charge is 2.31. The summed E-state index contributed by atoms with van der Waals surface area (Å²) in [6.07, 6.45) is 51.5. The lowest BCUT2D eigenvalue weighted by Crippen LogP contribution is -2.50. The Morgan fingerprint density at radius 2 is 0.933 bits per heavy atom. The van der Waals surface area contributed by atoms with Crippen molar-refractivity contribution >= 4 is 17.9 Å². The van der Waals surface area contributed by atoms with E-state index < -0.39 is 18.1 Å². The zero-order valence-corrected chi connectivity index (χ0v) is 39.7. The van der Waals surface area contributed by atoms with E-state index >= 15 is 0 Å². The molecule has 0 radical (unpaired) electrons. The molecular formula is C52H94NO7+. The Bertz CT molecular complexity index is 1120. The van der Waals surface area contributed by atoms with Crippen LogP contribution in [0.2, 0.25) is 0 Å². The molecule has 0 spiro atoms. The van der Waals surface area contributed by atoms with Gasteiger partial charge < -0.3 is 23.8 Å². The second-order valence-electron chi connectivity index (χ2n) is 17.7. The van der Waals surface area contributed by atoms with Crippen LogP contribution in [0, 0.1) is 0 Å². The van der Waals surface area contributed by atoms with Crippen LogP contribution in [0.15, 0.2) is 48.6 Å². The Balaban J connectivity index is 4.27. The maximum atomic E-state index is 12.8. The van der Waals surface area contributed by atoms with Crippen molar-refractivity contribution in [1.82, 2.24) is 0 Å². The van der Waals surface area contributed by atoms with Gasteiger partial charge >= 0.3 is 17.9 Å². The molecule has 0 aromatic carbocycles. The number of rotatable bonds is 44. The lowest BCUT2D eigenvalue weighted by Gasteiger charge is -2.31. The standard InChI is InChI=1S/C52H93NO7/c1-6-8-10-12-14-16-18-20-22-24-25-26-27-29-30-32-34-36-38-40-42-50(54)59-47-48(46-58-45-44-49(52(56)57)53(3,4)5)60-51(55)43-41-39-37-35-33-31-28-23-21-19-17-15-13-11-9-7-2/h8,10,14,16,20,22-23,28,48-49H,6-7,9,11-13,15,17-19,21,24-27,29-47H2,1-5H3/p+1/b10-8+,16-14+,22-20+,28-23+. The largest absolute Gasteiger partial charge is 0.477 e. The van der Waals surface area contributed by atoms with Crippen LogP contribution in [0.4, 0.5) is 0 Å². The van der Waals surface area contributed by atoms with Crippen molar-refractivity contribution in [3.63, 3.8) is 0 Å². The number of carboxylic acid groups (broad SMARTS) is 1. The van der Waals surface area contributed by atoms with Gasteiger partial charge in [0, 0.05) is 19.3 Å². The van der Waals surface area contributed by atoms with Crippen LogP contribution in [0.5, 0.6) is 0 Å². The van der Waals surface area contributed by atoms with Gasteiger partial charge in [-0.15, -0.1) is 0 Å². The number of carbonyl (C=O) groups is 3. The number of unbranched alkanes of at least 4 members (excludes halogenated alkanes) is 22. The van der Waals surface area contributed by atoms with E-state index in [4.69, 9.17) is 14.2 Å². The quantitative estimate of drug-likeness (QED) is 0.0282. The molecule has 0 fully saturated rings. The first-order chi connectivity index (χ1) is 29.1. The van der Waals surface area contributed by atoms with Crippen molar-refractivity contribution in [2.45, 2.75) is 225 Å². The number of carbonyl (C=O) groups excluding carboxylic acids is 2. The molecule has 0 saturated carbocycles. The highest BCUT2D eigenvalue weighted by Crippen LogP contribution is 2.15. The predicted octanol–water partition coefficient (Wildman–Crippen LogP) is 14.0. The molecule has 0 bridgehead atoms. The SMILES string of the molecule is CC/C=C/C/C=C/C/C=C/CCCCCCCCCCCCC(=O)OCC(COCCC(C(=O)O)[N+](C)(C)C)OC(=O)CCCCCCC/C=C/CCCCCCCCC. The molecule has 0 aromatic heterocycles. The predicted molar refractivity (Wildman–Crippen MR) is 252 cm³/mol. The molecule has 2 atom stereocenters. The van der Waals surface area contributed by atoms with E-state index in [1.165, 1.54) is 109 Å². The van der Waals surface area contributed by atoms with Crippen LogP contribution in [0.1, 0.15) is 213 Å². The van der Waals surface area contributed by atoms with Crippen LogP contribution in [-0.4, -0.2) is 80.6 Å². The van der Waals surface area contributed by atoms with E-state index in [2.05, 4.69) is 62.5 Å². The topological polar surface area (TPSA) is 99.1 Å². The Labute approximate surface area is 369 Å². The molecule has 0 amide bonds. The average Bonchev–Trinajstić information content (AvgIpc) is 3.21. The minimum absolute atomic E-state index is 0.0560. The van der Waals surface area contributed by atoms with Gasteiger partial charge in [-0.1, -0.05) is 172 Å². The second-order valence-corrected chi connectivity index (χ2v) is 17.7. The first-order valence-electron chi connectivity index (χ1n) is 24.7. The van der Waals surface area contributed by atoms with Crippen molar-refractivity contribution < 1.29 is 38.2 Å². The molecular weight excluding hydrogens is 751 g/mol. The summed E-state index contributed by atoms with van der Waals surface area (Å²) in [5, 5.41) is 9.64. The van der Waals surface area contributed by atoms with Crippen LogP contribution < -0.4 is 0 Å². The van der Waals surface area contributed by atoms with Crippen LogP contribution >= 0.6 is 0 Å². The third-order valence-corrected chi connectivity index (χ3v) is 11.0. The lowest BCUT2D eigenvalue weighted by atomic mass is 10.1. The van der Waals surface area contributed by atoms with Gasteiger partial charge in [-0.05, 0) is 70.6 Å². The monoisotopic (exact) mass is 845 g/mol. The van der Waals surface area contributed by atoms with Crippen LogP contribution in [-0.2, 0) is 28.6 Å². The smallest absolute Gasteiger partial charge is 0.362 e. The first-order valence-corrected chi connectivity index (χ1v) is 24.7. The van der Waals surface area contributed by atoms with E-state index in [0.29, 0.717) is 19.3 Å². The Hall–Kier alpha value is -2.71. The minimum atomic E-state index is -0.876. The minimum Gasteiger partial charge on any atom is -0.477 e. The summed E-state index contributed by atoms with van der Waals surface area (Å²) in [5.41, 5.74) is 0. The fourth-order valence-corrected chi connectivity index (χ4v) is 7.16. The highest BCUT2D eigenvalue weighted by atomic mass is 16.6. The molecule has 60 heavy (non-hydrogen) atoms. The van der Waals surface area contributed by atoms with Gasteiger partial charge in [-0.2, -0.15) is 0 Å². The third kappa shape index (κ3) is 40.7. The Morgan fingerprint density at radius 1 is 0.517 bits per heavy atom. The van der Waals surface area contributed by atoms with Crippen molar-refractivity contribution in [3.05, 3.63) is 48.6 Å². The van der Waals surface area contributed by atoms with Crippen molar-refractivity contribution in [2.75, 3.05) is 41.0 Å².